The van der Waals surface area contributed by atoms with E-state index in [-0.39, 0.29) is 18.9 Å². The first-order chi connectivity index (χ1) is 13.1. The highest BCUT2D eigenvalue weighted by Gasteiger charge is 2.24. The van der Waals surface area contributed by atoms with E-state index >= 15 is 0 Å². The number of fused-ring (bicyclic) bond motifs is 1. The number of hydrogen-bond acceptors (Lipinski definition) is 3. The molecule has 0 saturated heterocycles. The lowest BCUT2D eigenvalue weighted by molar-refractivity contribution is -0.141. The number of carboxylic acids is 1. The molecule has 2 aromatic rings. The van der Waals surface area contributed by atoms with Gasteiger partial charge < -0.3 is 15.3 Å². The summed E-state index contributed by atoms with van der Waals surface area (Å²) in [4.78, 5) is 26.2. The number of aryl methyl sites for hydroxylation is 2. The molecular weight excluding hydrogens is 340 g/mol. The van der Waals surface area contributed by atoms with E-state index in [0.29, 0.717) is 0 Å². The Hall–Kier alpha value is -2.82. The van der Waals surface area contributed by atoms with Crippen molar-refractivity contribution in [3.63, 3.8) is 0 Å². The van der Waals surface area contributed by atoms with Crippen LogP contribution in [0.1, 0.15) is 30.0 Å². The minimum atomic E-state index is -1.01. The van der Waals surface area contributed by atoms with Crippen molar-refractivity contribution in [3.8, 4) is 0 Å². The second-order valence-corrected chi connectivity index (χ2v) is 6.99. The average Bonchev–Trinajstić information content (AvgIpc) is 2.68. The highest BCUT2D eigenvalue weighted by atomic mass is 16.4. The molecule has 1 atom stereocenters. The molecule has 1 aliphatic heterocycles. The van der Waals surface area contributed by atoms with Crippen LogP contribution in [-0.2, 0) is 28.9 Å². The fraction of sp³-hybridized carbons (Fsp3) is 0.364. The zero-order valence-corrected chi connectivity index (χ0v) is 15.6. The second kappa shape index (κ2) is 8.71. The van der Waals surface area contributed by atoms with Crippen LogP contribution in [0.3, 0.4) is 0 Å². The largest absolute Gasteiger partial charge is 0.480 e. The molecule has 0 fully saturated rings. The minimum Gasteiger partial charge on any atom is -0.480 e. The van der Waals surface area contributed by atoms with Crippen molar-refractivity contribution in [2.24, 2.45) is 0 Å². The van der Waals surface area contributed by atoms with Crippen LogP contribution < -0.4 is 10.2 Å². The summed E-state index contributed by atoms with van der Waals surface area (Å²) in [6.45, 7) is 3.12. The highest BCUT2D eigenvalue weighted by Crippen LogP contribution is 2.28. The topological polar surface area (TPSA) is 69.6 Å². The lowest BCUT2D eigenvalue weighted by Gasteiger charge is -2.31. The molecule has 2 aromatic carbocycles. The highest BCUT2D eigenvalue weighted by molar-refractivity contribution is 5.87. The van der Waals surface area contributed by atoms with Crippen molar-refractivity contribution in [1.29, 1.82) is 0 Å². The summed E-state index contributed by atoms with van der Waals surface area (Å²) in [5, 5.41) is 12.2. The molecule has 1 heterocycles. The summed E-state index contributed by atoms with van der Waals surface area (Å²) < 4.78 is 0. The first-order valence-electron chi connectivity index (χ1n) is 9.49. The molecule has 0 aromatic heterocycles. The van der Waals surface area contributed by atoms with Gasteiger partial charge in [-0.25, -0.2) is 4.79 Å². The predicted octanol–water partition coefficient (Wildman–Crippen LogP) is 2.81. The fourth-order valence-electron chi connectivity index (χ4n) is 3.58. The Morgan fingerprint density at radius 2 is 1.93 bits per heavy atom. The molecule has 3 rings (SSSR count). The maximum absolute atomic E-state index is 12.5. The van der Waals surface area contributed by atoms with Crippen LogP contribution in [0.4, 0.5) is 5.69 Å². The molecule has 0 unspecified atom stereocenters. The number of benzene rings is 2. The second-order valence-electron chi connectivity index (χ2n) is 6.99. The van der Waals surface area contributed by atoms with Crippen molar-refractivity contribution in [3.05, 3.63) is 65.2 Å². The fourth-order valence-corrected chi connectivity index (χ4v) is 3.58. The molecule has 27 heavy (non-hydrogen) atoms. The van der Waals surface area contributed by atoms with Gasteiger partial charge in [0.2, 0.25) is 5.91 Å². The smallest absolute Gasteiger partial charge is 0.326 e. The number of rotatable bonds is 7. The van der Waals surface area contributed by atoms with E-state index in [9.17, 15) is 14.7 Å². The van der Waals surface area contributed by atoms with Crippen LogP contribution in [0.25, 0.3) is 0 Å². The van der Waals surface area contributed by atoms with E-state index in [1.165, 1.54) is 11.1 Å². The van der Waals surface area contributed by atoms with Crippen molar-refractivity contribution in [1.82, 2.24) is 5.32 Å². The Labute approximate surface area is 160 Å². The Morgan fingerprint density at radius 1 is 1.15 bits per heavy atom. The molecule has 5 heteroatoms. The molecule has 5 nitrogen and oxygen atoms in total. The van der Waals surface area contributed by atoms with E-state index in [0.717, 1.165) is 37.1 Å². The number of amides is 1. The number of carboxylic acid groups (broad SMARTS) is 1. The summed E-state index contributed by atoms with van der Waals surface area (Å²) >= 11 is 0. The van der Waals surface area contributed by atoms with E-state index in [1.807, 2.05) is 30.3 Å². The van der Waals surface area contributed by atoms with E-state index in [1.54, 1.807) is 0 Å². The van der Waals surface area contributed by atoms with Gasteiger partial charge in [0.15, 0.2) is 0 Å². The quantitative estimate of drug-likeness (QED) is 0.791. The molecule has 1 aliphatic rings. The van der Waals surface area contributed by atoms with Gasteiger partial charge in [0.1, 0.15) is 6.04 Å². The Balaban J connectivity index is 1.65. The maximum atomic E-state index is 12.5. The third kappa shape index (κ3) is 4.88. The average molecular weight is 366 g/mol. The third-order valence-electron chi connectivity index (χ3n) is 5.02. The summed E-state index contributed by atoms with van der Waals surface area (Å²) in [5.74, 6) is -1.27. The Morgan fingerprint density at radius 3 is 2.63 bits per heavy atom. The van der Waals surface area contributed by atoms with Gasteiger partial charge in [0.25, 0.3) is 0 Å². The van der Waals surface area contributed by atoms with Crippen LogP contribution in [-0.4, -0.2) is 36.1 Å². The molecule has 0 bridgehead atoms. The SMILES string of the molecule is CCc1ccc2c(c1)CCCN2CC(=O)N[C@H](Cc1ccccc1)C(=O)O. The monoisotopic (exact) mass is 366 g/mol. The Kier molecular flexibility index (Phi) is 6.12. The molecule has 1 amide bonds. The Bertz CT molecular complexity index is 804. The summed E-state index contributed by atoms with van der Waals surface area (Å²) in [5.41, 5.74) is 4.55. The van der Waals surface area contributed by atoms with Crippen LogP contribution in [0.2, 0.25) is 0 Å². The number of hydrogen-bond donors (Lipinski definition) is 2. The first-order valence-corrected chi connectivity index (χ1v) is 9.49. The van der Waals surface area contributed by atoms with Gasteiger partial charge >= 0.3 is 5.97 Å². The van der Waals surface area contributed by atoms with E-state index in [2.05, 4.69) is 35.3 Å². The van der Waals surface area contributed by atoms with E-state index in [4.69, 9.17) is 0 Å². The van der Waals surface area contributed by atoms with Crippen molar-refractivity contribution in [2.45, 2.75) is 38.6 Å². The molecule has 0 spiro atoms. The molecule has 0 radical (unpaired) electrons. The van der Waals surface area contributed by atoms with Crippen LogP contribution in [0.15, 0.2) is 48.5 Å². The van der Waals surface area contributed by atoms with Gasteiger partial charge in [-0.2, -0.15) is 0 Å². The zero-order valence-electron chi connectivity index (χ0n) is 15.6. The number of aliphatic carboxylic acids is 1. The predicted molar refractivity (Wildman–Crippen MR) is 106 cm³/mol. The summed E-state index contributed by atoms with van der Waals surface area (Å²) in [6, 6.07) is 14.8. The van der Waals surface area contributed by atoms with Crippen molar-refractivity contribution >= 4 is 17.6 Å². The van der Waals surface area contributed by atoms with Crippen molar-refractivity contribution in [2.75, 3.05) is 18.0 Å². The van der Waals surface area contributed by atoms with Crippen LogP contribution >= 0.6 is 0 Å². The minimum absolute atomic E-state index is 0.178. The van der Waals surface area contributed by atoms with Gasteiger partial charge in [-0.3, -0.25) is 4.79 Å². The summed E-state index contributed by atoms with van der Waals surface area (Å²) in [6.07, 6.45) is 3.29. The standard InChI is InChI=1S/C22H26N2O3/c1-2-16-10-11-20-18(13-16)9-6-12-24(20)15-21(25)23-19(22(26)27)14-17-7-4-3-5-8-17/h3-5,7-8,10-11,13,19H,2,6,9,12,14-15H2,1H3,(H,23,25)(H,26,27)/t19-/m1/s1. The number of carbonyl (C=O) groups is 2. The van der Waals surface area contributed by atoms with Crippen LogP contribution in [0, 0.1) is 0 Å². The van der Waals surface area contributed by atoms with Crippen LogP contribution in [0.5, 0.6) is 0 Å². The molecular formula is C22H26N2O3. The number of nitrogens with zero attached hydrogens (tertiary/aromatic N) is 1. The zero-order chi connectivity index (χ0) is 19.2. The normalized spacial score (nSPS) is 14.3. The molecule has 142 valence electrons. The summed E-state index contributed by atoms with van der Waals surface area (Å²) in [7, 11) is 0. The lowest BCUT2D eigenvalue weighted by atomic mass is 9.98. The van der Waals surface area contributed by atoms with Gasteiger partial charge in [-0.05, 0) is 42.0 Å². The first kappa shape index (κ1) is 19.0. The number of anilines is 1. The van der Waals surface area contributed by atoms with E-state index < -0.39 is 12.0 Å². The van der Waals surface area contributed by atoms with Gasteiger partial charge in [-0.15, -0.1) is 0 Å². The molecule has 0 aliphatic carbocycles. The number of nitrogens with one attached hydrogen (secondary N) is 1. The third-order valence-corrected chi connectivity index (χ3v) is 5.02. The molecule has 2 N–H and O–H groups in total. The van der Waals surface area contributed by atoms with Crippen molar-refractivity contribution < 1.29 is 14.7 Å². The van der Waals surface area contributed by atoms with Gasteiger partial charge in [0.05, 0.1) is 6.54 Å². The van der Waals surface area contributed by atoms with Gasteiger partial charge in [0, 0.05) is 18.7 Å². The number of carbonyl (C=O) groups excluding carboxylic acids is 1. The molecule has 0 saturated carbocycles. The lowest BCUT2D eigenvalue weighted by Crippen LogP contribution is -2.47. The maximum Gasteiger partial charge on any atom is 0.326 e. The van der Waals surface area contributed by atoms with Gasteiger partial charge in [-0.1, -0.05) is 49.4 Å².